The minimum Gasteiger partial charge on any atom is -0.494 e. The number of rotatable bonds is 3. The highest BCUT2D eigenvalue weighted by molar-refractivity contribution is 5.76. The highest BCUT2D eigenvalue weighted by Crippen LogP contribution is 2.28. The van der Waals surface area contributed by atoms with Crippen molar-refractivity contribution in [1.82, 2.24) is 4.98 Å². The van der Waals surface area contributed by atoms with Crippen LogP contribution in [0.3, 0.4) is 0 Å². The third kappa shape index (κ3) is 2.14. The van der Waals surface area contributed by atoms with Crippen LogP contribution in [-0.4, -0.2) is 11.6 Å². The Hall–Kier alpha value is -2.03. The van der Waals surface area contributed by atoms with Gasteiger partial charge in [-0.1, -0.05) is 6.07 Å². The third-order valence-electron chi connectivity index (χ3n) is 2.31. The van der Waals surface area contributed by atoms with Crippen LogP contribution in [0.15, 0.2) is 42.7 Å². The van der Waals surface area contributed by atoms with Gasteiger partial charge in [-0.3, -0.25) is 4.98 Å². The van der Waals surface area contributed by atoms with Gasteiger partial charge in [-0.05, 0) is 25.1 Å². The maximum atomic E-state index is 5.98. The highest BCUT2D eigenvalue weighted by atomic mass is 16.5. The fourth-order valence-corrected chi connectivity index (χ4v) is 1.58. The molecule has 0 amide bonds. The lowest BCUT2D eigenvalue weighted by Gasteiger charge is -2.08. The number of aromatic nitrogens is 1. The molecule has 16 heavy (non-hydrogen) atoms. The normalized spacial score (nSPS) is 10.1. The number of hydrogen-bond donors (Lipinski definition) is 1. The van der Waals surface area contributed by atoms with Gasteiger partial charge in [0.05, 0.1) is 6.61 Å². The molecular weight excluding hydrogens is 200 g/mol. The van der Waals surface area contributed by atoms with Crippen molar-refractivity contribution in [3.63, 3.8) is 0 Å². The van der Waals surface area contributed by atoms with Crippen LogP contribution in [0, 0.1) is 0 Å². The van der Waals surface area contributed by atoms with E-state index in [-0.39, 0.29) is 0 Å². The first-order valence-corrected chi connectivity index (χ1v) is 5.24. The predicted octanol–water partition coefficient (Wildman–Crippen LogP) is 2.73. The Labute approximate surface area is 94.9 Å². The van der Waals surface area contributed by atoms with Gasteiger partial charge >= 0.3 is 0 Å². The Morgan fingerprint density at radius 2 is 2.19 bits per heavy atom. The first-order valence-electron chi connectivity index (χ1n) is 5.24. The number of hydrogen-bond acceptors (Lipinski definition) is 3. The van der Waals surface area contributed by atoms with E-state index in [0.717, 1.165) is 16.9 Å². The van der Waals surface area contributed by atoms with E-state index < -0.39 is 0 Å². The molecule has 0 radical (unpaired) electrons. The number of nitrogens with zero attached hydrogens (tertiary/aromatic N) is 1. The zero-order valence-corrected chi connectivity index (χ0v) is 9.18. The molecular formula is C13H14N2O. The number of nitrogens with two attached hydrogens (primary N) is 1. The van der Waals surface area contributed by atoms with Crippen molar-refractivity contribution in [3.05, 3.63) is 42.7 Å². The molecule has 2 aromatic rings. The lowest BCUT2D eigenvalue weighted by molar-refractivity contribution is 0.340. The van der Waals surface area contributed by atoms with E-state index >= 15 is 0 Å². The fourth-order valence-electron chi connectivity index (χ4n) is 1.58. The van der Waals surface area contributed by atoms with E-state index in [4.69, 9.17) is 10.5 Å². The van der Waals surface area contributed by atoms with Crippen molar-refractivity contribution < 1.29 is 4.74 Å². The molecule has 82 valence electrons. The summed E-state index contributed by atoms with van der Waals surface area (Å²) in [6, 6.07) is 9.59. The predicted molar refractivity (Wildman–Crippen MR) is 65.3 cm³/mol. The smallest absolute Gasteiger partial charge is 0.121 e. The molecule has 0 aliphatic carbocycles. The highest BCUT2D eigenvalue weighted by Gasteiger charge is 2.03. The van der Waals surface area contributed by atoms with Crippen LogP contribution < -0.4 is 10.5 Å². The van der Waals surface area contributed by atoms with Crippen LogP contribution in [0.25, 0.3) is 11.1 Å². The molecule has 0 spiro atoms. The molecule has 0 aliphatic rings. The topological polar surface area (TPSA) is 48.1 Å². The van der Waals surface area contributed by atoms with Crippen molar-refractivity contribution in [2.75, 3.05) is 12.3 Å². The second-order valence-corrected chi connectivity index (χ2v) is 3.42. The molecule has 0 bridgehead atoms. The summed E-state index contributed by atoms with van der Waals surface area (Å²) in [5, 5.41) is 0. The Kier molecular flexibility index (Phi) is 3.05. The van der Waals surface area contributed by atoms with Crippen LogP contribution >= 0.6 is 0 Å². The van der Waals surface area contributed by atoms with E-state index in [9.17, 15) is 0 Å². The number of nitrogen functional groups attached to an aromatic ring is 1. The van der Waals surface area contributed by atoms with E-state index in [0.29, 0.717) is 12.3 Å². The molecule has 1 heterocycles. The first-order chi connectivity index (χ1) is 7.81. The van der Waals surface area contributed by atoms with Gasteiger partial charge in [0.15, 0.2) is 0 Å². The summed E-state index contributed by atoms with van der Waals surface area (Å²) in [6.07, 6.45) is 3.54. The minimum absolute atomic E-state index is 0.645. The van der Waals surface area contributed by atoms with E-state index in [1.54, 1.807) is 12.4 Å². The van der Waals surface area contributed by atoms with Crippen LogP contribution in [0.5, 0.6) is 5.75 Å². The van der Waals surface area contributed by atoms with E-state index in [1.165, 1.54) is 0 Å². The van der Waals surface area contributed by atoms with Crippen molar-refractivity contribution in [3.8, 4) is 16.9 Å². The minimum atomic E-state index is 0.645. The fraction of sp³-hybridized carbons (Fsp3) is 0.154. The summed E-state index contributed by atoms with van der Waals surface area (Å²) in [4.78, 5) is 4.07. The van der Waals surface area contributed by atoms with E-state index in [2.05, 4.69) is 4.98 Å². The molecule has 0 fully saturated rings. The average Bonchev–Trinajstić information content (AvgIpc) is 2.31. The molecule has 0 saturated carbocycles. The van der Waals surface area contributed by atoms with Gasteiger partial charge < -0.3 is 10.5 Å². The van der Waals surface area contributed by atoms with Crippen molar-refractivity contribution in [2.24, 2.45) is 0 Å². The van der Waals surface area contributed by atoms with Crippen LogP contribution in [0.4, 0.5) is 5.69 Å². The molecule has 1 aromatic heterocycles. The standard InChI is InChI=1S/C13H14N2O/c1-2-16-11-5-6-12(13(14)8-11)10-4-3-7-15-9-10/h3-9H,2,14H2,1H3. The molecule has 0 aliphatic heterocycles. The number of anilines is 1. The number of ether oxygens (including phenoxy) is 1. The monoisotopic (exact) mass is 214 g/mol. The summed E-state index contributed by atoms with van der Waals surface area (Å²) in [6.45, 7) is 2.59. The molecule has 0 unspecified atom stereocenters. The Bertz CT molecular complexity index is 469. The molecule has 3 nitrogen and oxygen atoms in total. The van der Waals surface area contributed by atoms with E-state index in [1.807, 2.05) is 37.3 Å². The Morgan fingerprint density at radius 3 is 2.81 bits per heavy atom. The second-order valence-electron chi connectivity index (χ2n) is 3.42. The average molecular weight is 214 g/mol. The number of benzene rings is 1. The Balaban J connectivity index is 2.37. The molecule has 2 N–H and O–H groups in total. The number of pyridine rings is 1. The second kappa shape index (κ2) is 4.66. The largest absolute Gasteiger partial charge is 0.494 e. The Morgan fingerprint density at radius 1 is 1.31 bits per heavy atom. The lowest BCUT2D eigenvalue weighted by Crippen LogP contribution is -1.95. The summed E-state index contributed by atoms with van der Waals surface area (Å²) < 4.78 is 5.38. The van der Waals surface area contributed by atoms with Crippen molar-refractivity contribution in [1.29, 1.82) is 0 Å². The zero-order valence-electron chi connectivity index (χ0n) is 9.18. The summed E-state index contributed by atoms with van der Waals surface area (Å²) >= 11 is 0. The molecule has 0 saturated heterocycles. The van der Waals surface area contributed by atoms with Crippen molar-refractivity contribution >= 4 is 5.69 Å². The van der Waals surface area contributed by atoms with Crippen molar-refractivity contribution in [2.45, 2.75) is 6.92 Å². The summed E-state index contributed by atoms with van der Waals surface area (Å²) in [7, 11) is 0. The van der Waals surface area contributed by atoms with Gasteiger partial charge in [0.25, 0.3) is 0 Å². The lowest BCUT2D eigenvalue weighted by atomic mass is 10.1. The maximum absolute atomic E-state index is 5.98. The molecule has 3 heteroatoms. The molecule has 0 atom stereocenters. The van der Waals surface area contributed by atoms with Gasteiger partial charge in [-0.15, -0.1) is 0 Å². The van der Waals surface area contributed by atoms with Crippen LogP contribution in [0.2, 0.25) is 0 Å². The van der Waals surface area contributed by atoms with Gasteiger partial charge in [0.1, 0.15) is 5.75 Å². The zero-order chi connectivity index (χ0) is 11.4. The first kappa shape index (κ1) is 10.5. The van der Waals surface area contributed by atoms with Gasteiger partial charge in [-0.2, -0.15) is 0 Å². The molecule has 1 aromatic carbocycles. The molecule has 2 rings (SSSR count). The SMILES string of the molecule is CCOc1ccc(-c2cccnc2)c(N)c1. The van der Waals surface area contributed by atoms with Gasteiger partial charge in [0.2, 0.25) is 0 Å². The third-order valence-corrected chi connectivity index (χ3v) is 2.31. The van der Waals surface area contributed by atoms with Crippen LogP contribution in [0.1, 0.15) is 6.92 Å². The quantitative estimate of drug-likeness (QED) is 0.799. The van der Waals surface area contributed by atoms with Gasteiger partial charge in [-0.25, -0.2) is 0 Å². The summed E-state index contributed by atoms with van der Waals surface area (Å²) in [5.41, 5.74) is 8.68. The van der Waals surface area contributed by atoms with Crippen LogP contribution in [-0.2, 0) is 0 Å². The van der Waals surface area contributed by atoms with Gasteiger partial charge in [0, 0.05) is 35.3 Å². The summed E-state index contributed by atoms with van der Waals surface area (Å²) in [5.74, 6) is 0.799. The maximum Gasteiger partial charge on any atom is 0.121 e.